The average molecular weight is 248 g/mol. The Kier molecular flexibility index (Phi) is 3.73. The van der Waals surface area contributed by atoms with Gasteiger partial charge >= 0.3 is 0 Å². The van der Waals surface area contributed by atoms with Gasteiger partial charge in [0.15, 0.2) is 0 Å². The Morgan fingerprint density at radius 2 is 2.11 bits per heavy atom. The van der Waals surface area contributed by atoms with Crippen molar-refractivity contribution in [1.29, 1.82) is 0 Å². The summed E-state index contributed by atoms with van der Waals surface area (Å²) in [6.07, 6.45) is 6.78. The predicted molar refractivity (Wildman–Crippen MR) is 75.6 cm³/mol. The third-order valence-corrected chi connectivity index (χ3v) is 3.86. The standard InChI is InChI=1S/C14H24N4/c1-4-5-14(6-7-14)8-16-13-11(10(2)3)12(15)17-9-18-13/h9-10H,4-8H2,1-3H3,(H3,15,16,17,18). The molecular weight excluding hydrogens is 224 g/mol. The van der Waals surface area contributed by atoms with Gasteiger partial charge in [0.05, 0.1) is 0 Å². The Morgan fingerprint density at radius 3 is 2.67 bits per heavy atom. The lowest BCUT2D eigenvalue weighted by atomic mass is 10.00. The first-order valence-corrected chi connectivity index (χ1v) is 6.92. The summed E-state index contributed by atoms with van der Waals surface area (Å²) in [5.74, 6) is 1.86. The number of anilines is 2. The van der Waals surface area contributed by atoms with Crippen LogP contribution in [-0.2, 0) is 0 Å². The van der Waals surface area contributed by atoms with E-state index in [1.54, 1.807) is 6.33 Å². The molecule has 0 atom stereocenters. The second kappa shape index (κ2) is 5.12. The van der Waals surface area contributed by atoms with Gasteiger partial charge in [-0.05, 0) is 30.6 Å². The minimum absolute atomic E-state index is 0.343. The SMILES string of the molecule is CCCC1(CNc2ncnc(N)c2C(C)C)CC1. The Bertz CT molecular complexity index is 410. The van der Waals surface area contributed by atoms with E-state index in [1.807, 2.05) is 0 Å². The number of hydrogen-bond donors (Lipinski definition) is 2. The molecule has 1 aliphatic carbocycles. The second-order valence-corrected chi connectivity index (χ2v) is 5.78. The van der Waals surface area contributed by atoms with Crippen molar-refractivity contribution < 1.29 is 0 Å². The van der Waals surface area contributed by atoms with E-state index in [9.17, 15) is 0 Å². The molecule has 0 unspecified atom stereocenters. The predicted octanol–water partition coefficient (Wildman–Crippen LogP) is 3.17. The van der Waals surface area contributed by atoms with Crippen LogP contribution in [-0.4, -0.2) is 16.5 Å². The van der Waals surface area contributed by atoms with Crippen LogP contribution in [0.4, 0.5) is 11.6 Å². The first-order valence-electron chi connectivity index (χ1n) is 6.92. The number of nitrogens with zero attached hydrogens (tertiary/aromatic N) is 2. The molecule has 0 radical (unpaired) electrons. The van der Waals surface area contributed by atoms with Crippen LogP contribution in [0, 0.1) is 5.41 Å². The minimum atomic E-state index is 0.343. The van der Waals surface area contributed by atoms with Gasteiger partial charge in [-0.2, -0.15) is 0 Å². The largest absolute Gasteiger partial charge is 0.383 e. The van der Waals surface area contributed by atoms with Crippen LogP contribution in [0.1, 0.15) is 57.9 Å². The smallest absolute Gasteiger partial charge is 0.134 e. The van der Waals surface area contributed by atoms with Crippen LogP contribution >= 0.6 is 0 Å². The van der Waals surface area contributed by atoms with E-state index in [-0.39, 0.29) is 0 Å². The number of nitrogens with two attached hydrogens (primary N) is 1. The lowest BCUT2D eigenvalue weighted by Crippen LogP contribution is -2.18. The summed E-state index contributed by atoms with van der Waals surface area (Å²) in [5.41, 5.74) is 7.51. The summed E-state index contributed by atoms with van der Waals surface area (Å²) < 4.78 is 0. The molecule has 4 heteroatoms. The maximum Gasteiger partial charge on any atom is 0.134 e. The van der Waals surface area contributed by atoms with Gasteiger partial charge in [-0.3, -0.25) is 0 Å². The molecule has 0 saturated heterocycles. The molecule has 4 nitrogen and oxygen atoms in total. The molecule has 3 N–H and O–H groups in total. The average Bonchev–Trinajstić information content (AvgIpc) is 3.07. The van der Waals surface area contributed by atoms with Gasteiger partial charge in [-0.25, -0.2) is 9.97 Å². The highest BCUT2D eigenvalue weighted by Gasteiger charge is 2.41. The fraction of sp³-hybridized carbons (Fsp3) is 0.714. The van der Waals surface area contributed by atoms with Gasteiger partial charge in [-0.15, -0.1) is 0 Å². The van der Waals surface area contributed by atoms with Crippen LogP contribution in [0.15, 0.2) is 6.33 Å². The zero-order valence-corrected chi connectivity index (χ0v) is 11.7. The van der Waals surface area contributed by atoms with Crippen molar-refractivity contribution >= 4 is 11.6 Å². The molecule has 1 aromatic heterocycles. The van der Waals surface area contributed by atoms with Crippen LogP contribution in [0.2, 0.25) is 0 Å². The summed E-state index contributed by atoms with van der Waals surface area (Å²) >= 11 is 0. The molecule has 1 aliphatic rings. The Balaban J connectivity index is 2.07. The van der Waals surface area contributed by atoms with E-state index in [2.05, 4.69) is 36.1 Å². The molecule has 1 saturated carbocycles. The second-order valence-electron chi connectivity index (χ2n) is 5.78. The third kappa shape index (κ3) is 2.74. The Labute approximate surface area is 109 Å². The molecule has 0 aromatic carbocycles. The van der Waals surface area contributed by atoms with Gasteiger partial charge in [0.1, 0.15) is 18.0 Å². The van der Waals surface area contributed by atoms with Crippen molar-refractivity contribution in [2.24, 2.45) is 5.41 Å². The fourth-order valence-corrected chi connectivity index (χ4v) is 2.61. The highest BCUT2D eigenvalue weighted by Crippen LogP contribution is 2.49. The third-order valence-electron chi connectivity index (χ3n) is 3.86. The molecule has 0 bridgehead atoms. The van der Waals surface area contributed by atoms with Crippen molar-refractivity contribution in [2.75, 3.05) is 17.6 Å². The van der Waals surface area contributed by atoms with E-state index in [0.717, 1.165) is 17.9 Å². The number of hydrogen-bond acceptors (Lipinski definition) is 4. The molecule has 1 heterocycles. The van der Waals surface area contributed by atoms with Gasteiger partial charge in [0.25, 0.3) is 0 Å². The number of nitrogens with one attached hydrogen (secondary N) is 1. The summed E-state index contributed by atoms with van der Waals surface area (Å²) in [7, 11) is 0. The van der Waals surface area contributed by atoms with E-state index >= 15 is 0 Å². The Morgan fingerprint density at radius 1 is 1.39 bits per heavy atom. The van der Waals surface area contributed by atoms with Gasteiger partial charge < -0.3 is 11.1 Å². The monoisotopic (exact) mass is 248 g/mol. The van der Waals surface area contributed by atoms with E-state index in [0.29, 0.717) is 17.2 Å². The minimum Gasteiger partial charge on any atom is -0.383 e. The first-order chi connectivity index (χ1) is 8.58. The van der Waals surface area contributed by atoms with E-state index in [4.69, 9.17) is 5.73 Å². The summed E-state index contributed by atoms with van der Waals surface area (Å²) in [5, 5.41) is 3.49. The molecule has 0 spiro atoms. The maximum atomic E-state index is 5.94. The van der Waals surface area contributed by atoms with Crippen molar-refractivity contribution in [3.05, 3.63) is 11.9 Å². The molecule has 0 amide bonds. The van der Waals surface area contributed by atoms with Gasteiger partial charge in [0, 0.05) is 12.1 Å². The molecule has 1 aromatic rings. The van der Waals surface area contributed by atoms with Gasteiger partial charge in [0.2, 0.25) is 0 Å². The van der Waals surface area contributed by atoms with Crippen LogP contribution in [0.5, 0.6) is 0 Å². The number of rotatable bonds is 6. The topological polar surface area (TPSA) is 63.8 Å². The molecule has 18 heavy (non-hydrogen) atoms. The zero-order chi connectivity index (χ0) is 13.2. The van der Waals surface area contributed by atoms with Crippen LogP contribution in [0.25, 0.3) is 0 Å². The number of nitrogen functional groups attached to an aromatic ring is 1. The van der Waals surface area contributed by atoms with Gasteiger partial charge in [-0.1, -0.05) is 27.2 Å². The Hall–Kier alpha value is -1.32. The maximum absolute atomic E-state index is 5.94. The lowest BCUT2D eigenvalue weighted by Gasteiger charge is -2.19. The summed E-state index contributed by atoms with van der Waals surface area (Å²) in [4.78, 5) is 8.43. The van der Waals surface area contributed by atoms with Crippen molar-refractivity contribution in [3.63, 3.8) is 0 Å². The first kappa shape index (κ1) is 13.1. The molecular formula is C14H24N4. The van der Waals surface area contributed by atoms with Crippen molar-refractivity contribution in [1.82, 2.24) is 9.97 Å². The normalized spacial score (nSPS) is 16.9. The highest BCUT2D eigenvalue weighted by atomic mass is 15.0. The van der Waals surface area contributed by atoms with Crippen molar-refractivity contribution in [3.8, 4) is 0 Å². The fourth-order valence-electron chi connectivity index (χ4n) is 2.61. The lowest BCUT2D eigenvalue weighted by molar-refractivity contribution is 0.484. The quantitative estimate of drug-likeness (QED) is 0.811. The molecule has 2 rings (SSSR count). The molecule has 0 aliphatic heterocycles. The van der Waals surface area contributed by atoms with Crippen LogP contribution < -0.4 is 11.1 Å². The highest BCUT2D eigenvalue weighted by molar-refractivity contribution is 5.56. The van der Waals surface area contributed by atoms with Crippen LogP contribution in [0.3, 0.4) is 0 Å². The van der Waals surface area contributed by atoms with Crippen molar-refractivity contribution in [2.45, 2.75) is 52.4 Å². The number of aromatic nitrogens is 2. The van der Waals surface area contributed by atoms with E-state index < -0.39 is 0 Å². The summed E-state index contributed by atoms with van der Waals surface area (Å²) in [6.45, 7) is 7.51. The van der Waals surface area contributed by atoms with E-state index in [1.165, 1.54) is 25.7 Å². The summed E-state index contributed by atoms with van der Waals surface area (Å²) in [6, 6.07) is 0. The molecule has 1 fully saturated rings. The zero-order valence-electron chi connectivity index (χ0n) is 11.7. The molecule has 100 valence electrons.